The van der Waals surface area contributed by atoms with Crippen molar-refractivity contribution in [3.05, 3.63) is 12.2 Å². The molecule has 0 aromatic rings. The first kappa shape index (κ1) is 38.4. The van der Waals surface area contributed by atoms with Crippen LogP contribution < -0.4 is 0 Å². The molecule has 234 valence electrons. The number of hydrogen-bond donors (Lipinski definition) is 0. The van der Waals surface area contributed by atoms with E-state index in [1.54, 1.807) is 0 Å². The van der Waals surface area contributed by atoms with Crippen LogP contribution in [-0.4, -0.2) is 39.4 Å². The zero-order valence-electron chi connectivity index (χ0n) is 26.6. The van der Waals surface area contributed by atoms with Gasteiger partial charge < -0.3 is 13.9 Å². The number of rotatable bonds is 28. The van der Waals surface area contributed by atoms with E-state index in [1.807, 2.05) is 0 Å². The van der Waals surface area contributed by atoms with Crippen molar-refractivity contribution in [3.63, 3.8) is 0 Å². The third-order valence-corrected chi connectivity index (χ3v) is 11.9. The van der Waals surface area contributed by atoms with Gasteiger partial charge in [-0.05, 0) is 37.4 Å². The molecule has 7 heteroatoms. The largest absolute Gasteiger partial charge is 0.519 e. The van der Waals surface area contributed by atoms with Gasteiger partial charge in [0.1, 0.15) is 0 Å². The standard InChI is InChI=1S/C33H62O6Si/c1-5-9-13-18-26-37-31(34)24-25-32(35)38-27-19-17-23-33(36)39-40(28-20-14-10-6-2,29-21-15-11-7-3)30-22-16-12-8-4/h24-25H,5-23,26-30H2,1-4H3/b25-24+. The number of hydrogen-bond acceptors (Lipinski definition) is 6. The van der Waals surface area contributed by atoms with Gasteiger partial charge >= 0.3 is 11.9 Å². The smallest absolute Gasteiger partial charge is 0.331 e. The van der Waals surface area contributed by atoms with Crippen LogP contribution in [0.2, 0.25) is 18.1 Å². The molecule has 0 aromatic carbocycles. The predicted molar refractivity (Wildman–Crippen MR) is 168 cm³/mol. The lowest BCUT2D eigenvalue weighted by atomic mass is 10.2. The van der Waals surface area contributed by atoms with Crippen molar-refractivity contribution >= 4 is 26.2 Å². The molecule has 0 fully saturated rings. The van der Waals surface area contributed by atoms with Crippen molar-refractivity contribution in [1.29, 1.82) is 0 Å². The molecule has 0 bridgehead atoms. The second kappa shape index (κ2) is 27.5. The molecule has 0 atom stereocenters. The molecule has 0 aromatic heterocycles. The maximum atomic E-state index is 13.0. The molecule has 0 unspecified atom stereocenters. The summed E-state index contributed by atoms with van der Waals surface area (Å²) in [5.41, 5.74) is 0. The maximum Gasteiger partial charge on any atom is 0.331 e. The predicted octanol–water partition coefficient (Wildman–Crippen LogP) is 9.61. The van der Waals surface area contributed by atoms with Crippen molar-refractivity contribution in [1.82, 2.24) is 0 Å². The van der Waals surface area contributed by atoms with Crippen LogP contribution in [0.5, 0.6) is 0 Å². The quantitative estimate of drug-likeness (QED) is 0.0395. The summed E-state index contributed by atoms with van der Waals surface area (Å²) < 4.78 is 16.7. The summed E-state index contributed by atoms with van der Waals surface area (Å²) in [7, 11) is -2.12. The molecule has 0 heterocycles. The van der Waals surface area contributed by atoms with Crippen molar-refractivity contribution < 1.29 is 28.3 Å². The van der Waals surface area contributed by atoms with Gasteiger partial charge in [-0.3, -0.25) is 4.79 Å². The van der Waals surface area contributed by atoms with Crippen LogP contribution in [0.15, 0.2) is 12.2 Å². The minimum atomic E-state index is -2.12. The lowest BCUT2D eigenvalue weighted by Gasteiger charge is -2.32. The van der Waals surface area contributed by atoms with Crippen molar-refractivity contribution in [2.75, 3.05) is 13.2 Å². The minimum absolute atomic E-state index is 0.0685. The molecule has 40 heavy (non-hydrogen) atoms. The molecule has 0 aliphatic rings. The van der Waals surface area contributed by atoms with Crippen LogP contribution in [0.4, 0.5) is 0 Å². The van der Waals surface area contributed by atoms with Crippen molar-refractivity contribution in [3.8, 4) is 0 Å². The van der Waals surface area contributed by atoms with Crippen LogP contribution in [0.1, 0.15) is 150 Å². The van der Waals surface area contributed by atoms with Crippen molar-refractivity contribution in [2.45, 2.75) is 168 Å². The van der Waals surface area contributed by atoms with E-state index in [0.29, 0.717) is 25.9 Å². The normalized spacial score (nSPS) is 11.6. The fourth-order valence-corrected chi connectivity index (χ4v) is 9.24. The minimum Gasteiger partial charge on any atom is -0.519 e. The van der Waals surface area contributed by atoms with Gasteiger partial charge in [-0.15, -0.1) is 0 Å². The Balaban J connectivity index is 4.62. The van der Waals surface area contributed by atoms with E-state index >= 15 is 0 Å². The summed E-state index contributed by atoms with van der Waals surface area (Å²) in [5.74, 6) is -1.16. The Hall–Kier alpha value is -1.63. The van der Waals surface area contributed by atoms with Crippen molar-refractivity contribution in [2.24, 2.45) is 0 Å². The van der Waals surface area contributed by atoms with Crippen LogP contribution in [0.25, 0.3) is 0 Å². The summed E-state index contributed by atoms with van der Waals surface area (Å²) in [6.07, 6.45) is 22.5. The molecule has 0 radical (unpaired) electrons. The third kappa shape index (κ3) is 23.1. The highest BCUT2D eigenvalue weighted by Crippen LogP contribution is 2.31. The summed E-state index contributed by atoms with van der Waals surface area (Å²) in [4.78, 5) is 36.5. The first-order valence-electron chi connectivity index (χ1n) is 16.7. The molecule has 0 N–H and O–H groups in total. The van der Waals surface area contributed by atoms with Gasteiger partial charge in [0, 0.05) is 18.6 Å². The lowest BCUT2D eigenvalue weighted by Crippen LogP contribution is -2.40. The molecule has 0 aliphatic carbocycles. The fourth-order valence-electron chi connectivity index (χ4n) is 4.92. The Bertz CT molecular complexity index is 632. The zero-order chi connectivity index (χ0) is 29.7. The number of ether oxygens (including phenoxy) is 2. The van der Waals surface area contributed by atoms with E-state index in [0.717, 1.165) is 56.0 Å². The average Bonchev–Trinajstić information content (AvgIpc) is 2.94. The first-order chi connectivity index (χ1) is 19.4. The van der Waals surface area contributed by atoms with Gasteiger partial charge in [-0.25, -0.2) is 9.59 Å². The summed E-state index contributed by atoms with van der Waals surface area (Å²) in [6.45, 7) is 9.42. The third-order valence-electron chi connectivity index (χ3n) is 7.41. The molecular weight excluding hydrogens is 520 g/mol. The van der Waals surface area contributed by atoms with Gasteiger partial charge in [-0.2, -0.15) is 0 Å². The topological polar surface area (TPSA) is 78.9 Å². The summed E-state index contributed by atoms with van der Waals surface area (Å²) in [6, 6.07) is 3.30. The number of esters is 2. The summed E-state index contributed by atoms with van der Waals surface area (Å²) in [5, 5.41) is 0. The Morgan fingerprint density at radius 1 is 0.500 bits per heavy atom. The number of unbranched alkanes of at least 4 members (excludes halogenated alkanes) is 13. The SMILES string of the molecule is CCCCCCOC(=O)/C=C/C(=O)OCCCCC(=O)O[Si](CCCCCC)(CCCCCC)CCCCCC. The van der Waals surface area contributed by atoms with E-state index in [9.17, 15) is 14.4 Å². The highest BCUT2D eigenvalue weighted by atomic mass is 28.4. The van der Waals surface area contributed by atoms with Crippen LogP contribution in [0.3, 0.4) is 0 Å². The van der Waals surface area contributed by atoms with E-state index in [2.05, 4.69) is 27.7 Å². The summed E-state index contributed by atoms with van der Waals surface area (Å²) >= 11 is 0. The van der Waals surface area contributed by atoms with Crippen LogP contribution >= 0.6 is 0 Å². The Morgan fingerprint density at radius 2 is 0.875 bits per heavy atom. The molecular formula is C33H62O6Si. The molecule has 0 amide bonds. The first-order valence-corrected chi connectivity index (χ1v) is 19.2. The van der Waals surface area contributed by atoms with Gasteiger partial charge in [0.05, 0.1) is 13.2 Å². The molecule has 0 aliphatic heterocycles. The van der Waals surface area contributed by atoms with Crippen LogP contribution in [0, 0.1) is 0 Å². The zero-order valence-corrected chi connectivity index (χ0v) is 27.6. The Labute approximate surface area is 247 Å². The highest BCUT2D eigenvalue weighted by molar-refractivity contribution is 6.75. The maximum absolute atomic E-state index is 13.0. The molecule has 6 nitrogen and oxygen atoms in total. The number of carbonyl (C=O) groups is 3. The number of carbonyl (C=O) groups excluding carboxylic acids is 3. The molecule has 0 rings (SSSR count). The highest BCUT2D eigenvalue weighted by Gasteiger charge is 2.36. The Morgan fingerprint density at radius 3 is 1.27 bits per heavy atom. The van der Waals surface area contributed by atoms with Crippen LogP contribution in [-0.2, 0) is 28.3 Å². The lowest BCUT2D eigenvalue weighted by molar-refractivity contribution is -0.140. The average molecular weight is 583 g/mol. The fraction of sp³-hybridized carbons (Fsp3) is 0.848. The van der Waals surface area contributed by atoms with E-state index in [4.69, 9.17) is 13.9 Å². The van der Waals surface area contributed by atoms with Gasteiger partial charge in [0.15, 0.2) is 0 Å². The van der Waals surface area contributed by atoms with E-state index < -0.39 is 20.3 Å². The van der Waals surface area contributed by atoms with Gasteiger partial charge in [0.2, 0.25) is 0 Å². The Kier molecular flexibility index (Phi) is 26.4. The second-order valence-electron chi connectivity index (χ2n) is 11.3. The van der Waals surface area contributed by atoms with Gasteiger partial charge in [0.25, 0.3) is 14.3 Å². The molecule has 0 saturated carbocycles. The second-order valence-corrected chi connectivity index (χ2v) is 15.3. The monoisotopic (exact) mass is 582 g/mol. The molecule has 0 saturated heterocycles. The molecule has 0 spiro atoms. The van der Waals surface area contributed by atoms with E-state index in [1.165, 1.54) is 77.0 Å². The van der Waals surface area contributed by atoms with E-state index in [-0.39, 0.29) is 12.6 Å². The van der Waals surface area contributed by atoms with Gasteiger partial charge in [-0.1, -0.05) is 124 Å².